The number of phenols is 1. The van der Waals surface area contributed by atoms with Gasteiger partial charge in [0, 0.05) is 6.42 Å². The molecule has 5 N–H and O–H groups in total. The molecule has 1 rings (SSSR count). The fourth-order valence-electron chi connectivity index (χ4n) is 1.11. The lowest BCUT2D eigenvalue weighted by atomic mass is 10.1. The van der Waals surface area contributed by atoms with Crippen LogP contribution < -0.4 is 16.6 Å². The van der Waals surface area contributed by atoms with Crippen molar-refractivity contribution < 1.29 is 9.90 Å². The van der Waals surface area contributed by atoms with Crippen LogP contribution >= 0.6 is 12.2 Å². The zero-order chi connectivity index (χ0) is 12.0. The van der Waals surface area contributed by atoms with Gasteiger partial charge in [0.25, 0.3) is 0 Å². The second-order valence-electron chi connectivity index (χ2n) is 3.20. The van der Waals surface area contributed by atoms with Gasteiger partial charge in [0.1, 0.15) is 5.75 Å². The Morgan fingerprint density at radius 3 is 2.50 bits per heavy atom. The van der Waals surface area contributed by atoms with E-state index >= 15 is 0 Å². The molecule has 0 aliphatic rings. The Balaban J connectivity index is 2.31. The van der Waals surface area contributed by atoms with E-state index in [9.17, 15) is 4.79 Å². The summed E-state index contributed by atoms with van der Waals surface area (Å²) in [4.78, 5) is 11.2. The van der Waals surface area contributed by atoms with Crippen molar-refractivity contribution in [2.24, 2.45) is 5.73 Å². The molecular weight excluding hydrogens is 226 g/mol. The molecule has 0 fully saturated rings. The van der Waals surface area contributed by atoms with Gasteiger partial charge in [-0.3, -0.25) is 15.6 Å². The summed E-state index contributed by atoms with van der Waals surface area (Å²) in [6.07, 6.45) is 0.908. The molecule has 0 saturated carbocycles. The number of hydrazine groups is 1. The first-order chi connectivity index (χ1) is 7.58. The molecule has 5 nitrogen and oxygen atoms in total. The monoisotopic (exact) mass is 239 g/mol. The molecule has 1 aromatic rings. The van der Waals surface area contributed by atoms with Crippen LogP contribution in [0, 0.1) is 0 Å². The van der Waals surface area contributed by atoms with Crippen LogP contribution in [0.4, 0.5) is 0 Å². The Morgan fingerprint density at radius 2 is 1.94 bits per heavy atom. The summed E-state index contributed by atoms with van der Waals surface area (Å²) in [7, 11) is 0. The van der Waals surface area contributed by atoms with Gasteiger partial charge in [-0.2, -0.15) is 0 Å². The molecule has 0 aromatic heterocycles. The summed E-state index contributed by atoms with van der Waals surface area (Å²) in [5.41, 5.74) is 10.8. The lowest BCUT2D eigenvalue weighted by Crippen LogP contribution is -2.44. The highest BCUT2D eigenvalue weighted by Gasteiger charge is 2.01. The highest BCUT2D eigenvalue weighted by atomic mass is 32.1. The summed E-state index contributed by atoms with van der Waals surface area (Å²) in [5, 5.41) is 9.09. The van der Waals surface area contributed by atoms with E-state index in [2.05, 4.69) is 23.1 Å². The van der Waals surface area contributed by atoms with Crippen LogP contribution in [-0.2, 0) is 11.2 Å². The number of rotatable bonds is 3. The minimum absolute atomic E-state index is 0.0259. The SMILES string of the molecule is NC(=S)NNC(=O)CCc1ccc(O)cc1. The molecule has 1 amide bonds. The van der Waals surface area contributed by atoms with Crippen LogP contribution in [0.1, 0.15) is 12.0 Å². The standard InChI is InChI=1S/C10H13N3O2S/c11-10(16)13-12-9(15)6-3-7-1-4-8(14)5-2-7/h1-2,4-5,14H,3,6H2,(H,12,15)(H3,11,13,16). The molecule has 0 aliphatic carbocycles. The molecule has 0 bridgehead atoms. The van der Waals surface area contributed by atoms with Crippen molar-refractivity contribution in [3.63, 3.8) is 0 Å². The zero-order valence-electron chi connectivity index (χ0n) is 8.56. The highest BCUT2D eigenvalue weighted by molar-refractivity contribution is 7.80. The molecule has 0 aliphatic heterocycles. The summed E-state index contributed by atoms with van der Waals surface area (Å²) in [6, 6.07) is 6.70. The first-order valence-corrected chi connectivity index (χ1v) is 5.11. The van der Waals surface area contributed by atoms with E-state index in [1.807, 2.05) is 0 Å². The van der Waals surface area contributed by atoms with E-state index in [1.165, 1.54) is 0 Å². The Labute approximate surface area is 98.6 Å². The number of carbonyl (C=O) groups is 1. The smallest absolute Gasteiger partial charge is 0.238 e. The van der Waals surface area contributed by atoms with Gasteiger partial charge in [-0.15, -0.1) is 0 Å². The first-order valence-electron chi connectivity index (χ1n) is 4.70. The molecule has 0 unspecified atom stereocenters. The van der Waals surface area contributed by atoms with E-state index < -0.39 is 0 Å². The van der Waals surface area contributed by atoms with Crippen LogP contribution in [0.25, 0.3) is 0 Å². The van der Waals surface area contributed by atoms with Crippen LogP contribution in [0.2, 0.25) is 0 Å². The largest absolute Gasteiger partial charge is 0.508 e. The molecule has 0 spiro atoms. The van der Waals surface area contributed by atoms with E-state index in [-0.39, 0.29) is 16.8 Å². The number of amides is 1. The third-order valence-corrected chi connectivity index (χ3v) is 2.00. The van der Waals surface area contributed by atoms with Crippen molar-refractivity contribution in [3.05, 3.63) is 29.8 Å². The van der Waals surface area contributed by atoms with Crippen LogP contribution in [0.3, 0.4) is 0 Å². The third-order valence-electron chi connectivity index (χ3n) is 1.90. The van der Waals surface area contributed by atoms with Crippen molar-refractivity contribution in [3.8, 4) is 5.75 Å². The molecule has 0 atom stereocenters. The van der Waals surface area contributed by atoms with E-state index in [1.54, 1.807) is 24.3 Å². The summed E-state index contributed by atoms with van der Waals surface area (Å²) in [6.45, 7) is 0. The van der Waals surface area contributed by atoms with E-state index in [0.29, 0.717) is 12.8 Å². The van der Waals surface area contributed by atoms with Gasteiger partial charge in [0.05, 0.1) is 0 Å². The minimum atomic E-state index is -0.194. The van der Waals surface area contributed by atoms with Gasteiger partial charge in [-0.05, 0) is 36.3 Å². The Morgan fingerprint density at radius 1 is 1.31 bits per heavy atom. The first kappa shape index (κ1) is 12.3. The van der Waals surface area contributed by atoms with Crippen molar-refractivity contribution >= 4 is 23.2 Å². The Kier molecular flexibility index (Phi) is 4.53. The second-order valence-corrected chi connectivity index (χ2v) is 3.64. The quantitative estimate of drug-likeness (QED) is 0.447. The highest BCUT2D eigenvalue weighted by Crippen LogP contribution is 2.10. The Hall–Kier alpha value is -1.82. The average molecular weight is 239 g/mol. The number of hydrogen-bond acceptors (Lipinski definition) is 3. The van der Waals surface area contributed by atoms with Gasteiger partial charge < -0.3 is 10.8 Å². The maximum absolute atomic E-state index is 11.2. The second kappa shape index (κ2) is 5.92. The number of aromatic hydroxyl groups is 1. The van der Waals surface area contributed by atoms with E-state index in [0.717, 1.165) is 5.56 Å². The van der Waals surface area contributed by atoms with Crippen LogP contribution in [0.5, 0.6) is 5.75 Å². The lowest BCUT2D eigenvalue weighted by molar-refractivity contribution is -0.121. The van der Waals surface area contributed by atoms with Crippen LogP contribution in [0.15, 0.2) is 24.3 Å². The molecule has 0 radical (unpaired) electrons. The zero-order valence-corrected chi connectivity index (χ0v) is 9.38. The van der Waals surface area contributed by atoms with Gasteiger partial charge in [-0.1, -0.05) is 12.1 Å². The number of nitrogens with one attached hydrogen (secondary N) is 2. The van der Waals surface area contributed by atoms with Crippen molar-refractivity contribution in [1.29, 1.82) is 0 Å². The number of thiocarbonyl (C=S) groups is 1. The number of nitrogens with two attached hydrogens (primary N) is 1. The third kappa shape index (κ3) is 4.61. The molecule has 0 heterocycles. The summed E-state index contributed by atoms with van der Waals surface area (Å²) in [5.74, 6) is 0.0178. The minimum Gasteiger partial charge on any atom is -0.508 e. The molecule has 0 saturated heterocycles. The molecule has 16 heavy (non-hydrogen) atoms. The number of hydrogen-bond donors (Lipinski definition) is 4. The normalized spacial score (nSPS) is 9.50. The predicted molar refractivity (Wildman–Crippen MR) is 64.5 cm³/mol. The van der Waals surface area contributed by atoms with Crippen molar-refractivity contribution in [2.75, 3.05) is 0 Å². The number of benzene rings is 1. The Bertz CT molecular complexity index is 378. The van der Waals surface area contributed by atoms with E-state index in [4.69, 9.17) is 10.8 Å². The molecule has 6 heteroatoms. The lowest BCUT2D eigenvalue weighted by Gasteiger charge is -2.06. The number of carbonyl (C=O) groups excluding carboxylic acids is 1. The van der Waals surface area contributed by atoms with Crippen LogP contribution in [-0.4, -0.2) is 16.1 Å². The fraction of sp³-hybridized carbons (Fsp3) is 0.200. The average Bonchev–Trinajstić information content (AvgIpc) is 2.25. The maximum atomic E-state index is 11.2. The molecule has 1 aromatic carbocycles. The van der Waals surface area contributed by atoms with Gasteiger partial charge in [-0.25, -0.2) is 0 Å². The van der Waals surface area contributed by atoms with Gasteiger partial charge >= 0.3 is 0 Å². The molecule has 86 valence electrons. The number of aryl methyl sites for hydroxylation is 1. The summed E-state index contributed by atoms with van der Waals surface area (Å²) >= 11 is 4.53. The maximum Gasteiger partial charge on any atom is 0.238 e. The molecular formula is C10H13N3O2S. The van der Waals surface area contributed by atoms with Crippen molar-refractivity contribution in [1.82, 2.24) is 10.9 Å². The van der Waals surface area contributed by atoms with Gasteiger partial charge in [0.2, 0.25) is 5.91 Å². The van der Waals surface area contributed by atoms with Gasteiger partial charge in [0.15, 0.2) is 5.11 Å². The fourth-order valence-corrected chi connectivity index (χ4v) is 1.17. The van der Waals surface area contributed by atoms with Crippen molar-refractivity contribution in [2.45, 2.75) is 12.8 Å². The topological polar surface area (TPSA) is 87.4 Å². The summed E-state index contributed by atoms with van der Waals surface area (Å²) < 4.78 is 0. The predicted octanol–water partition coefficient (Wildman–Crippen LogP) is 0.189. The number of phenolic OH excluding ortho intramolecular Hbond substituents is 1.